The first-order valence-electron chi connectivity index (χ1n) is 6.25. The molecule has 0 aliphatic carbocycles. The average molecular weight is 305 g/mol. The second-order valence-electron chi connectivity index (χ2n) is 4.53. The summed E-state index contributed by atoms with van der Waals surface area (Å²) in [6.45, 7) is 1.78. The highest BCUT2D eigenvalue weighted by Gasteiger charge is 2.15. The highest BCUT2D eigenvalue weighted by atomic mass is 35.5. The van der Waals surface area contributed by atoms with Crippen LogP contribution < -0.4 is 5.32 Å². The number of anilines is 1. The number of nitrogens with one attached hydrogen (secondary N) is 1. The highest BCUT2D eigenvalue weighted by Crippen LogP contribution is 2.26. The molecule has 0 saturated heterocycles. The van der Waals surface area contributed by atoms with E-state index in [1.165, 1.54) is 13.0 Å². The predicted octanol–water partition coefficient (Wildman–Crippen LogP) is 4.06. The zero-order valence-electron chi connectivity index (χ0n) is 11.3. The van der Waals surface area contributed by atoms with E-state index in [-0.39, 0.29) is 11.5 Å². The maximum Gasteiger partial charge on any atom is 0.293 e. The first-order chi connectivity index (χ1) is 9.97. The van der Waals surface area contributed by atoms with Crippen molar-refractivity contribution in [2.75, 3.05) is 5.32 Å². The van der Waals surface area contributed by atoms with Crippen molar-refractivity contribution < 1.29 is 9.72 Å². The van der Waals surface area contributed by atoms with E-state index in [0.29, 0.717) is 22.8 Å². The van der Waals surface area contributed by atoms with E-state index in [2.05, 4.69) is 5.32 Å². The van der Waals surface area contributed by atoms with Crippen LogP contribution in [-0.2, 0) is 6.54 Å². The molecule has 0 radical (unpaired) electrons. The van der Waals surface area contributed by atoms with Crippen LogP contribution >= 0.6 is 11.6 Å². The van der Waals surface area contributed by atoms with Gasteiger partial charge in [-0.15, -0.1) is 0 Å². The van der Waals surface area contributed by atoms with Crippen molar-refractivity contribution in [1.29, 1.82) is 0 Å². The van der Waals surface area contributed by atoms with Crippen molar-refractivity contribution in [3.05, 3.63) is 68.7 Å². The van der Waals surface area contributed by atoms with E-state index >= 15 is 0 Å². The van der Waals surface area contributed by atoms with E-state index < -0.39 is 4.92 Å². The number of hydrogen-bond acceptors (Lipinski definition) is 4. The molecule has 21 heavy (non-hydrogen) atoms. The monoisotopic (exact) mass is 304 g/mol. The van der Waals surface area contributed by atoms with E-state index in [1.54, 1.807) is 24.3 Å². The smallest absolute Gasteiger partial charge is 0.293 e. The Kier molecular flexibility index (Phi) is 4.55. The molecule has 2 aromatic carbocycles. The molecule has 2 rings (SSSR count). The number of nitro benzene ring substituents is 1. The van der Waals surface area contributed by atoms with Crippen molar-refractivity contribution in [3.63, 3.8) is 0 Å². The lowest BCUT2D eigenvalue weighted by Crippen LogP contribution is -2.04. The van der Waals surface area contributed by atoms with E-state index in [1.807, 2.05) is 12.1 Å². The third-order valence-corrected chi connectivity index (χ3v) is 3.21. The molecule has 5 nitrogen and oxygen atoms in total. The summed E-state index contributed by atoms with van der Waals surface area (Å²) < 4.78 is 0. The fraction of sp³-hybridized carbons (Fsp3) is 0.133. The maximum atomic E-state index is 11.3. The van der Waals surface area contributed by atoms with Gasteiger partial charge in [0.25, 0.3) is 5.69 Å². The summed E-state index contributed by atoms with van der Waals surface area (Å²) in [6, 6.07) is 11.6. The molecule has 0 spiro atoms. The van der Waals surface area contributed by atoms with Gasteiger partial charge in [-0.3, -0.25) is 14.9 Å². The zero-order valence-corrected chi connectivity index (χ0v) is 12.1. The summed E-state index contributed by atoms with van der Waals surface area (Å²) in [5.41, 5.74) is 1.47. The lowest BCUT2D eigenvalue weighted by atomic mass is 10.1. The number of carbonyl (C=O) groups excluding carboxylic acids is 1. The Balaban J connectivity index is 2.23. The number of halogens is 1. The third kappa shape index (κ3) is 3.79. The summed E-state index contributed by atoms with van der Waals surface area (Å²) in [4.78, 5) is 21.9. The lowest BCUT2D eigenvalue weighted by molar-refractivity contribution is -0.384. The molecule has 0 fully saturated rings. The minimum absolute atomic E-state index is 0.121. The van der Waals surface area contributed by atoms with Gasteiger partial charge in [-0.1, -0.05) is 23.7 Å². The highest BCUT2D eigenvalue weighted by molar-refractivity contribution is 6.30. The Hall–Kier alpha value is -2.40. The average Bonchev–Trinajstić information content (AvgIpc) is 2.44. The summed E-state index contributed by atoms with van der Waals surface area (Å²) >= 11 is 5.89. The van der Waals surface area contributed by atoms with Crippen molar-refractivity contribution >= 4 is 28.8 Å². The number of Topliss-reactive ketones (excluding diaryl/α,β-unsaturated/α-hetero) is 1. The van der Waals surface area contributed by atoms with Crippen molar-refractivity contribution in [1.82, 2.24) is 0 Å². The normalized spacial score (nSPS) is 10.2. The Morgan fingerprint density at radius 1 is 1.29 bits per heavy atom. The van der Waals surface area contributed by atoms with Gasteiger partial charge < -0.3 is 5.32 Å². The summed E-state index contributed by atoms with van der Waals surface area (Å²) in [5.74, 6) is -0.209. The van der Waals surface area contributed by atoms with Gasteiger partial charge in [-0.2, -0.15) is 0 Å². The summed E-state index contributed by atoms with van der Waals surface area (Å²) in [5, 5.41) is 14.7. The van der Waals surface area contributed by atoms with Crippen LogP contribution in [0.1, 0.15) is 22.8 Å². The molecule has 0 aliphatic heterocycles. The van der Waals surface area contributed by atoms with Crippen LogP contribution in [0.4, 0.5) is 11.4 Å². The van der Waals surface area contributed by atoms with Crippen LogP contribution in [0.25, 0.3) is 0 Å². The van der Waals surface area contributed by atoms with Gasteiger partial charge >= 0.3 is 0 Å². The molecule has 1 N–H and O–H groups in total. The number of benzene rings is 2. The van der Waals surface area contributed by atoms with Gasteiger partial charge in [0.15, 0.2) is 5.78 Å². The van der Waals surface area contributed by atoms with E-state index in [9.17, 15) is 14.9 Å². The molecule has 0 heterocycles. The van der Waals surface area contributed by atoms with Gasteiger partial charge in [-0.25, -0.2) is 0 Å². The second kappa shape index (κ2) is 6.37. The molecule has 2 aromatic rings. The minimum atomic E-state index is -0.507. The Morgan fingerprint density at radius 3 is 2.67 bits per heavy atom. The Morgan fingerprint density at radius 2 is 2.05 bits per heavy atom. The molecule has 0 atom stereocenters. The van der Waals surface area contributed by atoms with E-state index in [4.69, 9.17) is 11.6 Å². The van der Waals surface area contributed by atoms with Gasteiger partial charge in [-0.05, 0) is 36.8 Å². The standard InChI is InChI=1S/C15H13ClN2O3/c1-10(19)12-5-6-14(15(8-12)18(20)21)17-9-11-3-2-4-13(16)7-11/h2-8,17H,9H2,1H3. The van der Waals surface area contributed by atoms with Crippen LogP contribution in [0, 0.1) is 10.1 Å². The second-order valence-corrected chi connectivity index (χ2v) is 4.97. The molecule has 0 aromatic heterocycles. The number of rotatable bonds is 5. The van der Waals surface area contributed by atoms with Crippen LogP contribution in [0.3, 0.4) is 0 Å². The molecule has 0 saturated carbocycles. The molecular formula is C15H13ClN2O3. The summed E-state index contributed by atoms with van der Waals surface area (Å²) in [7, 11) is 0. The number of ketones is 1. The fourth-order valence-electron chi connectivity index (χ4n) is 1.90. The topological polar surface area (TPSA) is 72.2 Å². The molecule has 0 unspecified atom stereocenters. The quantitative estimate of drug-likeness (QED) is 0.513. The van der Waals surface area contributed by atoms with E-state index in [0.717, 1.165) is 5.56 Å². The number of nitro groups is 1. The molecule has 0 bridgehead atoms. The van der Waals surface area contributed by atoms with Crippen molar-refractivity contribution in [2.24, 2.45) is 0 Å². The van der Waals surface area contributed by atoms with Gasteiger partial charge in [0.05, 0.1) is 4.92 Å². The predicted molar refractivity (Wildman–Crippen MR) is 81.9 cm³/mol. The number of hydrogen-bond donors (Lipinski definition) is 1. The van der Waals surface area contributed by atoms with Crippen LogP contribution in [0.2, 0.25) is 5.02 Å². The largest absolute Gasteiger partial charge is 0.375 e. The lowest BCUT2D eigenvalue weighted by Gasteiger charge is -2.08. The van der Waals surface area contributed by atoms with Crippen molar-refractivity contribution in [3.8, 4) is 0 Å². The van der Waals surface area contributed by atoms with Gasteiger partial charge in [0, 0.05) is 23.2 Å². The van der Waals surface area contributed by atoms with Crippen molar-refractivity contribution in [2.45, 2.75) is 13.5 Å². The van der Waals surface area contributed by atoms with Gasteiger partial charge in [0.2, 0.25) is 0 Å². The molecule has 0 amide bonds. The summed E-state index contributed by atoms with van der Waals surface area (Å²) in [6.07, 6.45) is 0. The first kappa shape index (κ1) is 15.0. The SMILES string of the molecule is CC(=O)c1ccc(NCc2cccc(Cl)c2)c([N+](=O)[O-])c1. The zero-order chi connectivity index (χ0) is 15.4. The molecular weight excluding hydrogens is 292 g/mol. The number of nitrogens with zero attached hydrogens (tertiary/aromatic N) is 1. The van der Waals surface area contributed by atoms with Gasteiger partial charge in [0.1, 0.15) is 5.69 Å². The minimum Gasteiger partial charge on any atom is -0.375 e. The Labute approximate surface area is 126 Å². The van der Waals surface area contributed by atoms with Crippen LogP contribution in [-0.4, -0.2) is 10.7 Å². The first-order valence-corrected chi connectivity index (χ1v) is 6.63. The Bertz CT molecular complexity index is 701. The number of carbonyl (C=O) groups is 1. The van der Waals surface area contributed by atoms with Crippen LogP contribution in [0.15, 0.2) is 42.5 Å². The molecule has 6 heteroatoms. The third-order valence-electron chi connectivity index (χ3n) is 2.97. The van der Waals surface area contributed by atoms with Crippen LogP contribution in [0.5, 0.6) is 0 Å². The molecule has 0 aliphatic rings. The molecule has 108 valence electrons. The fourth-order valence-corrected chi connectivity index (χ4v) is 2.11. The maximum absolute atomic E-state index is 11.3.